The van der Waals surface area contributed by atoms with Crippen LogP contribution in [0.1, 0.15) is 22.3 Å². The van der Waals surface area contributed by atoms with Gasteiger partial charge in [-0.1, -0.05) is 164 Å². The molecule has 0 bridgehead atoms. The number of rotatable bonds is 6. The first-order chi connectivity index (χ1) is 23.8. The van der Waals surface area contributed by atoms with E-state index >= 15 is 0 Å². The molecule has 8 aromatic carbocycles. The average Bonchev–Trinajstić information content (AvgIpc) is 3.47. The number of fused-ring (bicyclic) bond motifs is 5. The second-order valence-electron chi connectivity index (χ2n) is 12.5. The van der Waals surface area contributed by atoms with Crippen LogP contribution in [0.2, 0.25) is 0 Å². The molecule has 0 N–H and O–H groups in total. The van der Waals surface area contributed by atoms with Gasteiger partial charge >= 0.3 is 0 Å². The first kappa shape index (κ1) is 28.1. The lowest BCUT2D eigenvalue weighted by Gasteiger charge is -2.35. The maximum absolute atomic E-state index is 2.46. The predicted molar refractivity (Wildman–Crippen MR) is 201 cm³/mol. The highest BCUT2D eigenvalue weighted by atomic mass is 15.1. The van der Waals surface area contributed by atoms with Gasteiger partial charge in [-0.3, -0.25) is 0 Å². The third-order valence-electron chi connectivity index (χ3n) is 9.90. The molecule has 0 aliphatic heterocycles. The number of nitrogens with zero attached hydrogens (tertiary/aromatic N) is 1. The molecule has 0 fully saturated rings. The topological polar surface area (TPSA) is 3.24 Å². The van der Waals surface area contributed by atoms with Crippen molar-refractivity contribution in [2.24, 2.45) is 0 Å². The van der Waals surface area contributed by atoms with E-state index in [1.165, 1.54) is 55.3 Å². The molecule has 0 radical (unpaired) electrons. The summed E-state index contributed by atoms with van der Waals surface area (Å²) in [6.45, 7) is 0. The minimum atomic E-state index is -0.509. The van der Waals surface area contributed by atoms with Crippen LogP contribution in [0.5, 0.6) is 0 Å². The molecule has 1 aliphatic rings. The summed E-state index contributed by atoms with van der Waals surface area (Å²) in [4.78, 5) is 2.41. The summed E-state index contributed by atoms with van der Waals surface area (Å²) >= 11 is 0. The largest absolute Gasteiger partial charge is 0.310 e. The van der Waals surface area contributed by atoms with Crippen LogP contribution in [-0.2, 0) is 5.41 Å². The van der Waals surface area contributed by atoms with Gasteiger partial charge in [0.1, 0.15) is 0 Å². The molecular weight excluding hydrogens is 579 g/mol. The molecule has 0 amide bonds. The van der Waals surface area contributed by atoms with Gasteiger partial charge in [0.15, 0.2) is 0 Å². The van der Waals surface area contributed by atoms with Crippen molar-refractivity contribution < 1.29 is 0 Å². The number of hydrogen-bond acceptors (Lipinski definition) is 1. The Hall–Kier alpha value is -6.18. The lowest BCUT2D eigenvalue weighted by atomic mass is 9.66. The summed E-state index contributed by atoms with van der Waals surface area (Å²) in [6.07, 6.45) is 0. The normalized spacial score (nSPS) is 12.8. The molecule has 1 heteroatoms. The van der Waals surface area contributed by atoms with Crippen LogP contribution in [-0.4, -0.2) is 0 Å². The van der Waals surface area contributed by atoms with Gasteiger partial charge in [0.05, 0.1) is 11.1 Å². The summed E-state index contributed by atoms with van der Waals surface area (Å²) in [5.74, 6) is 0. The van der Waals surface area contributed by atoms with Crippen LogP contribution in [0.15, 0.2) is 200 Å². The van der Waals surface area contributed by atoms with E-state index in [4.69, 9.17) is 0 Å². The van der Waals surface area contributed by atoms with Crippen molar-refractivity contribution in [2.45, 2.75) is 5.41 Å². The summed E-state index contributed by atoms with van der Waals surface area (Å²) in [5, 5.41) is 2.48. The zero-order valence-corrected chi connectivity index (χ0v) is 26.5. The molecule has 0 aromatic heterocycles. The Balaban J connectivity index is 1.45. The maximum atomic E-state index is 2.46. The van der Waals surface area contributed by atoms with Crippen molar-refractivity contribution >= 4 is 27.8 Å². The highest BCUT2D eigenvalue weighted by Crippen LogP contribution is 2.60. The van der Waals surface area contributed by atoms with Crippen molar-refractivity contribution in [3.05, 3.63) is 222 Å². The SMILES string of the molecule is c1ccc(-c2ccc3c(c2)-c2cc(N(c4ccccc4)c4ccccc4)c4ccccc4c2C3(c2ccccc2)c2ccccc2)cc1. The van der Waals surface area contributed by atoms with Crippen molar-refractivity contribution in [3.8, 4) is 22.3 Å². The predicted octanol–water partition coefficient (Wildman–Crippen LogP) is 12.3. The van der Waals surface area contributed by atoms with Crippen LogP contribution in [0.3, 0.4) is 0 Å². The molecule has 0 saturated heterocycles. The summed E-state index contributed by atoms with van der Waals surface area (Å²) in [7, 11) is 0. The van der Waals surface area contributed by atoms with E-state index in [2.05, 4.69) is 205 Å². The van der Waals surface area contributed by atoms with E-state index in [0.29, 0.717) is 0 Å². The first-order valence-corrected chi connectivity index (χ1v) is 16.6. The smallest absolute Gasteiger partial charge is 0.0719 e. The second-order valence-corrected chi connectivity index (χ2v) is 12.5. The molecule has 0 atom stereocenters. The van der Waals surface area contributed by atoms with Crippen molar-refractivity contribution in [1.82, 2.24) is 0 Å². The third-order valence-corrected chi connectivity index (χ3v) is 9.90. The second kappa shape index (κ2) is 11.6. The zero-order chi connectivity index (χ0) is 31.9. The van der Waals surface area contributed by atoms with Gasteiger partial charge in [0.25, 0.3) is 0 Å². The minimum Gasteiger partial charge on any atom is -0.310 e. The number of para-hydroxylation sites is 2. The zero-order valence-electron chi connectivity index (χ0n) is 26.5. The minimum absolute atomic E-state index is 0.509. The van der Waals surface area contributed by atoms with E-state index in [9.17, 15) is 0 Å². The molecule has 8 aromatic rings. The van der Waals surface area contributed by atoms with E-state index in [1.807, 2.05) is 0 Å². The first-order valence-electron chi connectivity index (χ1n) is 16.6. The Morgan fingerprint density at radius 2 is 0.833 bits per heavy atom. The molecule has 226 valence electrons. The molecule has 1 nitrogen and oxygen atoms in total. The van der Waals surface area contributed by atoms with E-state index in [1.54, 1.807) is 0 Å². The van der Waals surface area contributed by atoms with Crippen molar-refractivity contribution in [3.63, 3.8) is 0 Å². The quantitative estimate of drug-likeness (QED) is 0.181. The molecule has 0 unspecified atom stereocenters. The summed E-state index contributed by atoms with van der Waals surface area (Å²) < 4.78 is 0. The van der Waals surface area contributed by atoms with Gasteiger partial charge in [0.2, 0.25) is 0 Å². The average molecular weight is 612 g/mol. The summed E-state index contributed by atoms with van der Waals surface area (Å²) in [6, 6.07) is 73.0. The highest BCUT2D eigenvalue weighted by molar-refractivity contribution is 6.08. The van der Waals surface area contributed by atoms with E-state index in [-0.39, 0.29) is 0 Å². The molecule has 1 aliphatic carbocycles. The number of hydrogen-bond donors (Lipinski definition) is 0. The Bertz CT molecular complexity index is 2290. The Morgan fingerprint density at radius 1 is 0.354 bits per heavy atom. The molecule has 0 heterocycles. The Kier molecular flexibility index (Phi) is 6.76. The molecule has 0 spiro atoms. The van der Waals surface area contributed by atoms with Gasteiger partial charge in [-0.15, -0.1) is 0 Å². The fraction of sp³-hybridized carbons (Fsp3) is 0.0213. The third kappa shape index (κ3) is 4.32. The van der Waals surface area contributed by atoms with Gasteiger partial charge in [-0.2, -0.15) is 0 Å². The maximum Gasteiger partial charge on any atom is 0.0719 e. The van der Waals surface area contributed by atoms with Gasteiger partial charge < -0.3 is 4.90 Å². The fourth-order valence-corrected chi connectivity index (χ4v) is 7.92. The number of anilines is 3. The monoisotopic (exact) mass is 611 g/mol. The van der Waals surface area contributed by atoms with Crippen LogP contribution in [0.25, 0.3) is 33.0 Å². The number of benzene rings is 8. The van der Waals surface area contributed by atoms with Crippen molar-refractivity contribution in [1.29, 1.82) is 0 Å². The van der Waals surface area contributed by atoms with E-state index < -0.39 is 5.41 Å². The van der Waals surface area contributed by atoms with Crippen molar-refractivity contribution in [2.75, 3.05) is 4.90 Å². The van der Waals surface area contributed by atoms with Gasteiger partial charge in [-0.05, 0) is 86.3 Å². The van der Waals surface area contributed by atoms with Crippen LogP contribution >= 0.6 is 0 Å². The lowest BCUT2D eigenvalue weighted by Crippen LogP contribution is -2.29. The molecule has 48 heavy (non-hydrogen) atoms. The van der Waals surface area contributed by atoms with Gasteiger partial charge in [-0.25, -0.2) is 0 Å². The Labute approximate surface area is 282 Å². The standard InChI is InChI=1S/C47H33N/c1-6-18-34(19-7-1)35-30-31-44-42(32-35)43-33-45(48(38-24-12-4-13-25-38)39-26-14-5-15-27-39)40-28-16-17-29-41(40)46(43)47(44,36-20-8-2-9-21-36)37-22-10-3-11-23-37/h1-33H. The fourth-order valence-electron chi connectivity index (χ4n) is 7.92. The highest BCUT2D eigenvalue weighted by Gasteiger charge is 2.47. The van der Waals surface area contributed by atoms with E-state index in [0.717, 1.165) is 17.1 Å². The lowest BCUT2D eigenvalue weighted by molar-refractivity contribution is 0.775. The summed E-state index contributed by atoms with van der Waals surface area (Å²) in [5.41, 5.74) is 13.1. The molecular formula is C47H33N. The van der Waals surface area contributed by atoms with Crippen LogP contribution in [0, 0.1) is 0 Å². The van der Waals surface area contributed by atoms with Crippen LogP contribution < -0.4 is 4.90 Å². The molecule has 9 rings (SSSR count). The van der Waals surface area contributed by atoms with Gasteiger partial charge in [0, 0.05) is 16.8 Å². The Morgan fingerprint density at radius 3 is 1.40 bits per heavy atom. The molecule has 0 saturated carbocycles. The van der Waals surface area contributed by atoms with Crippen LogP contribution in [0.4, 0.5) is 17.1 Å².